The summed E-state index contributed by atoms with van der Waals surface area (Å²) in [4.78, 5) is 27.5. The number of amides is 2. The van der Waals surface area contributed by atoms with E-state index in [2.05, 4.69) is 41.1 Å². The summed E-state index contributed by atoms with van der Waals surface area (Å²) in [6.45, 7) is 8.50. The molecule has 0 saturated carbocycles. The van der Waals surface area contributed by atoms with Gasteiger partial charge < -0.3 is 9.30 Å². The van der Waals surface area contributed by atoms with Crippen LogP contribution < -0.4 is 15.0 Å². The molecule has 2 aromatic carbocycles. The summed E-state index contributed by atoms with van der Waals surface area (Å²) in [5.74, 6) is -0.362. The number of carbonyl (C=O) groups is 2. The number of hydrogen-bond acceptors (Lipinski definition) is 4. The van der Waals surface area contributed by atoms with E-state index >= 15 is 0 Å². The molecule has 174 valence electrons. The number of aromatic nitrogens is 1. The van der Waals surface area contributed by atoms with Crippen molar-refractivity contribution in [1.82, 2.24) is 9.88 Å². The molecule has 3 aromatic rings. The van der Waals surface area contributed by atoms with Gasteiger partial charge in [0.1, 0.15) is 11.3 Å². The van der Waals surface area contributed by atoms with Crippen molar-refractivity contribution in [3.63, 3.8) is 0 Å². The largest absolute Gasteiger partial charge is 0.494 e. The second kappa shape index (κ2) is 9.65. The van der Waals surface area contributed by atoms with Crippen molar-refractivity contribution in [2.45, 2.75) is 34.1 Å². The van der Waals surface area contributed by atoms with Crippen LogP contribution in [0.15, 0.2) is 60.2 Å². The fourth-order valence-corrected chi connectivity index (χ4v) is 4.42. The van der Waals surface area contributed by atoms with Crippen LogP contribution in [0.1, 0.15) is 36.4 Å². The molecule has 7 heteroatoms. The van der Waals surface area contributed by atoms with Crippen LogP contribution in [0.2, 0.25) is 0 Å². The molecule has 0 radical (unpaired) electrons. The Bertz CT molecular complexity index is 1310. The average Bonchev–Trinajstić information content (AvgIpc) is 3.09. The topological polar surface area (TPSA) is 63.6 Å². The molecular weight excluding hydrogens is 446 g/mol. The van der Waals surface area contributed by atoms with Gasteiger partial charge in [-0.05, 0) is 86.9 Å². The molecule has 1 saturated heterocycles. The molecule has 1 aromatic heterocycles. The number of aryl methyl sites for hydroxylation is 2. The lowest BCUT2D eigenvalue weighted by Gasteiger charge is -2.29. The number of rotatable bonds is 6. The van der Waals surface area contributed by atoms with E-state index in [9.17, 15) is 9.59 Å². The molecule has 1 fully saturated rings. The van der Waals surface area contributed by atoms with E-state index in [0.29, 0.717) is 18.0 Å². The predicted molar refractivity (Wildman–Crippen MR) is 138 cm³/mol. The summed E-state index contributed by atoms with van der Waals surface area (Å²) in [5.41, 5.74) is 5.60. The standard InChI is InChI=1S/C27H27N3O3S/c1-5-19-10-12-21(13-11-19)29-17(3)14-20(18(29)4)15-24-25(31)28-27(34)30(26(24)32)22-8-7-9-23(16-22)33-6-2/h7-16H,5-6H2,1-4H3,(H,28,31,34)/b24-15+. The molecule has 2 heterocycles. The van der Waals surface area contributed by atoms with Gasteiger partial charge in [-0.2, -0.15) is 0 Å². The molecule has 4 rings (SSSR count). The van der Waals surface area contributed by atoms with E-state index in [1.54, 1.807) is 24.3 Å². The van der Waals surface area contributed by atoms with E-state index in [1.165, 1.54) is 10.5 Å². The third-order valence-electron chi connectivity index (χ3n) is 5.86. The minimum atomic E-state index is -0.510. The smallest absolute Gasteiger partial charge is 0.270 e. The Balaban J connectivity index is 1.72. The van der Waals surface area contributed by atoms with E-state index in [-0.39, 0.29) is 10.7 Å². The van der Waals surface area contributed by atoms with Gasteiger partial charge in [0, 0.05) is 23.1 Å². The number of nitrogens with zero attached hydrogens (tertiary/aromatic N) is 2. The Morgan fingerprint density at radius 2 is 1.74 bits per heavy atom. The highest BCUT2D eigenvalue weighted by atomic mass is 32.1. The maximum absolute atomic E-state index is 13.4. The third-order valence-corrected chi connectivity index (χ3v) is 6.15. The number of hydrogen-bond donors (Lipinski definition) is 1. The normalized spacial score (nSPS) is 15.1. The molecule has 34 heavy (non-hydrogen) atoms. The van der Waals surface area contributed by atoms with Crippen LogP contribution in [-0.4, -0.2) is 28.1 Å². The van der Waals surface area contributed by atoms with Crippen LogP contribution in [-0.2, 0) is 16.0 Å². The molecule has 0 bridgehead atoms. The van der Waals surface area contributed by atoms with E-state index in [4.69, 9.17) is 17.0 Å². The summed E-state index contributed by atoms with van der Waals surface area (Å²) in [7, 11) is 0. The lowest BCUT2D eigenvalue weighted by atomic mass is 10.1. The number of anilines is 1. The van der Waals surface area contributed by atoms with Crippen LogP contribution in [0.5, 0.6) is 5.75 Å². The van der Waals surface area contributed by atoms with Crippen molar-refractivity contribution in [2.24, 2.45) is 0 Å². The van der Waals surface area contributed by atoms with Crippen molar-refractivity contribution in [1.29, 1.82) is 0 Å². The number of thiocarbonyl (C=S) groups is 1. The zero-order chi connectivity index (χ0) is 24.4. The Kier molecular flexibility index (Phi) is 6.65. The van der Waals surface area contributed by atoms with Gasteiger partial charge in [-0.3, -0.25) is 19.8 Å². The molecule has 0 unspecified atom stereocenters. The highest BCUT2D eigenvalue weighted by molar-refractivity contribution is 7.80. The number of carbonyl (C=O) groups excluding carboxylic acids is 2. The van der Waals surface area contributed by atoms with Gasteiger partial charge in [-0.25, -0.2) is 0 Å². The summed E-state index contributed by atoms with van der Waals surface area (Å²) in [6, 6.07) is 17.4. The maximum Gasteiger partial charge on any atom is 0.270 e. The molecular formula is C27H27N3O3S. The third kappa shape index (κ3) is 4.39. The Morgan fingerprint density at radius 1 is 1.00 bits per heavy atom. The van der Waals surface area contributed by atoms with Gasteiger partial charge >= 0.3 is 0 Å². The van der Waals surface area contributed by atoms with Gasteiger partial charge in [0.2, 0.25) is 0 Å². The molecule has 1 N–H and O–H groups in total. The quantitative estimate of drug-likeness (QED) is 0.315. The average molecular weight is 474 g/mol. The number of benzene rings is 2. The second-order valence-corrected chi connectivity index (χ2v) is 8.46. The highest BCUT2D eigenvalue weighted by Crippen LogP contribution is 2.28. The number of nitrogens with one attached hydrogen (secondary N) is 1. The Hall–Kier alpha value is -3.71. The molecule has 2 amide bonds. The van der Waals surface area contributed by atoms with Gasteiger partial charge in [0.15, 0.2) is 5.11 Å². The Labute approximate surface area is 204 Å². The monoisotopic (exact) mass is 473 g/mol. The SMILES string of the molecule is CCOc1cccc(N2C(=O)/C(=C/c3cc(C)n(-c4ccc(CC)cc4)c3C)C(=O)NC2=S)c1. The fraction of sp³-hybridized carbons (Fsp3) is 0.222. The molecule has 1 aliphatic rings. The summed E-state index contributed by atoms with van der Waals surface area (Å²) < 4.78 is 7.67. The van der Waals surface area contributed by atoms with Crippen LogP contribution in [0.3, 0.4) is 0 Å². The fourth-order valence-electron chi connectivity index (χ4n) is 4.14. The van der Waals surface area contributed by atoms with Crippen molar-refractivity contribution >= 4 is 40.9 Å². The zero-order valence-corrected chi connectivity index (χ0v) is 20.5. The minimum Gasteiger partial charge on any atom is -0.494 e. The molecule has 0 spiro atoms. The molecule has 6 nitrogen and oxygen atoms in total. The van der Waals surface area contributed by atoms with Gasteiger partial charge in [-0.15, -0.1) is 0 Å². The molecule has 1 aliphatic heterocycles. The lowest BCUT2D eigenvalue weighted by Crippen LogP contribution is -2.54. The predicted octanol–water partition coefficient (Wildman–Crippen LogP) is 4.89. The number of ether oxygens (including phenoxy) is 1. The van der Waals surface area contributed by atoms with Crippen molar-refractivity contribution in [3.8, 4) is 11.4 Å². The van der Waals surface area contributed by atoms with Crippen molar-refractivity contribution in [3.05, 3.63) is 82.7 Å². The maximum atomic E-state index is 13.4. The summed E-state index contributed by atoms with van der Waals surface area (Å²) >= 11 is 5.32. The molecule has 0 aliphatic carbocycles. The van der Waals surface area contributed by atoms with E-state index in [0.717, 1.165) is 29.1 Å². The summed E-state index contributed by atoms with van der Waals surface area (Å²) in [6.07, 6.45) is 2.61. The molecule has 0 atom stereocenters. The first-order chi connectivity index (χ1) is 16.3. The van der Waals surface area contributed by atoms with Crippen molar-refractivity contribution < 1.29 is 14.3 Å². The van der Waals surface area contributed by atoms with Crippen LogP contribution in [0.4, 0.5) is 5.69 Å². The first-order valence-corrected chi connectivity index (χ1v) is 11.7. The van der Waals surface area contributed by atoms with Crippen LogP contribution in [0.25, 0.3) is 11.8 Å². The van der Waals surface area contributed by atoms with Gasteiger partial charge in [-0.1, -0.05) is 25.1 Å². The van der Waals surface area contributed by atoms with Crippen LogP contribution in [0, 0.1) is 13.8 Å². The zero-order valence-electron chi connectivity index (χ0n) is 19.7. The van der Waals surface area contributed by atoms with Gasteiger partial charge in [0.05, 0.1) is 12.3 Å². The van der Waals surface area contributed by atoms with E-state index in [1.807, 2.05) is 32.9 Å². The van der Waals surface area contributed by atoms with Crippen molar-refractivity contribution in [2.75, 3.05) is 11.5 Å². The minimum absolute atomic E-state index is 0.0250. The van der Waals surface area contributed by atoms with Gasteiger partial charge in [0.25, 0.3) is 11.8 Å². The Morgan fingerprint density at radius 3 is 2.41 bits per heavy atom. The second-order valence-electron chi connectivity index (χ2n) is 8.07. The first kappa shape index (κ1) is 23.4. The summed E-state index contributed by atoms with van der Waals surface area (Å²) in [5, 5.41) is 2.69. The van der Waals surface area contributed by atoms with E-state index < -0.39 is 11.8 Å². The first-order valence-electron chi connectivity index (χ1n) is 11.3. The highest BCUT2D eigenvalue weighted by Gasteiger charge is 2.35. The van der Waals surface area contributed by atoms with Crippen LogP contribution >= 0.6 is 12.2 Å². The lowest BCUT2D eigenvalue weighted by molar-refractivity contribution is -0.122.